The molecule has 0 aliphatic rings. The van der Waals surface area contributed by atoms with Gasteiger partial charge in [-0.1, -0.05) is 65.7 Å². The number of carbonyl (C=O) groups is 1. The Morgan fingerprint density at radius 1 is 0.939 bits per heavy atom. The number of anilines is 1. The molecular weight excluding hydrogens is 457 g/mol. The van der Waals surface area contributed by atoms with Crippen molar-refractivity contribution in [2.45, 2.75) is 13.0 Å². The molecule has 164 valence electrons. The summed E-state index contributed by atoms with van der Waals surface area (Å²) in [6.07, 6.45) is 0. The number of nitrogens with one attached hydrogen (secondary N) is 1. The molecule has 3 N–H and O–H groups in total. The van der Waals surface area contributed by atoms with Crippen molar-refractivity contribution in [3.63, 3.8) is 0 Å². The van der Waals surface area contributed by atoms with E-state index in [1.54, 1.807) is 22.8 Å². The lowest BCUT2D eigenvalue weighted by Gasteiger charge is -2.14. The number of benzene rings is 3. The average molecular weight is 476 g/mol. The predicted octanol–water partition coefficient (Wildman–Crippen LogP) is 5.95. The van der Waals surface area contributed by atoms with Gasteiger partial charge in [-0.15, -0.1) is 0 Å². The van der Waals surface area contributed by atoms with E-state index in [0.29, 0.717) is 37.9 Å². The average Bonchev–Trinajstić information content (AvgIpc) is 3.10. The number of nitrogens with two attached hydrogens (primary N) is 1. The fraction of sp³-hybridized carbons (Fsp3) is 0.0800. The van der Waals surface area contributed by atoms with Crippen molar-refractivity contribution in [3.05, 3.63) is 94.0 Å². The van der Waals surface area contributed by atoms with Gasteiger partial charge >= 0.3 is 0 Å². The molecule has 0 saturated carbocycles. The van der Waals surface area contributed by atoms with Crippen LogP contribution in [0.2, 0.25) is 10.0 Å². The first-order valence-corrected chi connectivity index (χ1v) is 11.1. The lowest BCUT2D eigenvalue weighted by molar-refractivity contribution is 0.0942. The Bertz CT molecular complexity index is 1510. The number of amides is 1. The third kappa shape index (κ3) is 3.77. The molecule has 0 spiro atoms. The summed E-state index contributed by atoms with van der Waals surface area (Å²) in [5, 5.41) is 3.82. The molecule has 0 aliphatic heterocycles. The van der Waals surface area contributed by atoms with Crippen LogP contribution < -0.4 is 11.1 Å². The highest BCUT2D eigenvalue weighted by Crippen LogP contribution is 2.33. The number of nitrogens with zero attached hydrogens (tertiary/aromatic N) is 3. The van der Waals surface area contributed by atoms with Gasteiger partial charge < -0.3 is 11.1 Å². The number of fused-ring (bicyclic) bond motifs is 2. The molecule has 0 unspecified atom stereocenters. The Labute approximate surface area is 200 Å². The first-order chi connectivity index (χ1) is 15.9. The largest absolute Gasteiger partial charge is 0.384 e. The maximum atomic E-state index is 13.4. The van der Waals surface area contributed by atoms with Gasteiger partial charge in [0.15, 0.2) is 5.65 Å². The van der Waals surface area contributed by atoms with Crippen LogP contribution in [-0.2, 0) is 0 Å². The molecule has 5 aromatic rings. The van der Waals surface area contributed by atoms with Crippen LogP contribution in [0.25, 0.3) is 27.9 Å². The van der Waals surface area contributed by atoms with E-state index in [-0.39, 0.29) is 23.3 Å². The Morgan fingerprint density at radius 2 is 1.61 bits per heavy atom. The first-order valence-electron chi connectivity index (χ1n) is 10.3. The van der Waals surface area contributed by atoms with Crippen molar-refractivity contribution in [1.82, 2.24) is 19.9 Å². The van der Waals surface area contributed by atoms with Crippen LogP contribution in [0.1, 0.15) is 28.9 Å². The summed E-state index contributed by atoms with van der Waals surface area (Å²) in [6, 6.07) is 22.1. The highest BCUT2D eigenvalue weighted by Gasteiger charge is 2.26. The van der Waals surface area contributed by atoms with Crippen LogP contribution in [-0.4, -0.2) is 20.4 Å². The monoisotopic (exact) mass is 475 g/mol. The summed E-state index contributed by atoms with van der Waals surface area (Å²) in [6.45, 7) is 1.92. The maximum Gasteiger partial charge on any atom is 0.257 e. The van der Waals surface area contributed by atoms with Gasteiger partial charge in [-0.25, -0.2) is 9.97 Å². The van der Waals surface area contributed by atoms with E-state index < -0.39 is 0 Å². The molecule has 0 radical (unpaired) electrons. The van der Waals surface area contributed by atoms with E-state index in [1.165, 1.54) is 0 Å². The molecular formula is C25H19Cl2N5O. The van der Waals surface area contributed by atoms with Crippen LogP contribution >= 0.6 is 23.2 Å². The van der Waals surface area contributed by atoms with Crippen LogP contribution in [0.15, 0.2) is 72.8 Å². The quantitative estimate of drug-likeness (QED) is 0.336. The number of nitrogen functional groups attached to an aromatic ring is 1. The molecule has 0 aliphatic carbocycles. The molecule has 0 fully saturated rings. The lowest BCUT2D eigenvalue weighted by Crippen LogP contribution is -2.27. The summed E-state index contributed by atoms with van der Waals surface area (Å²) >= 11 is 12.4. The van der Waals surface area contributed by atoms with Crippen LogP contribution in [0.3, 0.4) is 0 Å². The third-order valence-corrected chi connectivity index (χ3v) is 6.27. The van der Waals surface area contributed by atoms with Gasteiger partial charge in [0.25, 0.3) is 5.91 Å². The number of aromatic nitrogens is 3. The van der Waals surface area contributed by atoms with Crippen molar-refractivity contribution in [2.24, 2.45) is 0 Å². The van der Waals surface area contributed by atoms with E-state index in [9.17, 15) is 4.79 Å². The van der Waals surface area contributed by atoms with E-state index in [4.69, 9.17) is 38.9 Å². The SMILES string of the molecule is C[C@@H](NC(=O)c1c(N)n(-c2ccc(Cl)c(Cl)c2)c2nc3ccccc3nc12)c1ccccc1. The number of rotatable bonds is 4. The van der Waals surface area contributed by atoms with E-state index in [1.807, 2.05) is 61.5 Å². The Morgan fingerprint density at radius 3 is 2.30 bits per heavy atom. The van der Waals surface area contributed by atoms with Gasteiger partial charge in [0.2, 0.25) is 0 Å². The van der Waals surface area contributed by atoms with Gasteiger partial charge in [0.05, 0.1) is 32.8 Å². The molecule has 0 bridgehead atoms. The predicted molar refractivity (Wildman–Crippen MR) is 133 cm³/mol. The summed E-state index contributed by atoms with van der Waals surface area (Å²) in [4.78, 5) is 23.0. The van der Waals surface area contributed by atoms with Gasteiger partial charge in [-0.3, -0.25) is 9.36 Å². The summed E-state index contributed by atoms with van der Waals surface area (Å²) in [5.74, 6) is -0.117. The van der Waals surface area contributed by atoms with Crippen molar-refractivity contribution in [3.8, 4) is 5.69 Å². The lowest BCUT2D eigenvalue weighted by atomic mass is 10.1. The molecule has 2 heterocycles. The minimum Gasteiger partial charge on any atom is -0.384 e. The minimum absolute atomic E-state index is 0.219. The van der Waals surface area contributed by atoms with Crippen LogP contribution in [0.5, 0.6) is 0 Å². The van der Waals surface area contributed by atoms with Crippen molar-refractivity contribution in [1.29, 1.82) is 0 Å². The number of carbonyl (C=O) groups excluding carboxylic acids is 1. The minimum atomic E-state index is -0.336. The molecule has 1 amide bonds. The van der Waals surface area contributed by atoms with Crippen molar-refractivity contribution < 1.29 is 4.79 Å². The second kappa shape index (κ2) is 8.39. The molecule has 5 rings (SSSR count). The van der Waals surface area contributed by atoms with Crippen LogP contribution in [0, 0.1) is 0 Å². The van der Waals surface area contributed by atoms with E-state index >= 15 is 0 Å². The van der Waals surface area contributed by atoms with E-state index in [2.05, 4.69) is 5.32 Å². The molecule has 0 saturated heterocycles. The molecule has 1 atom stereocenters. The van der Waals surface area contributed by atoms with E-state index in [0.717, 1.165) is 5.56 Å². The zero-order chi connectivity index (χ0) is 23.1. The maximum absolute atomic E-state index is 13.4. The Hall–Kier alpha value is -3.61. The van der Waals surface area contributed by atoms with Gasteiger partial charge in [0.1, 0.15) is 16.9 Å². The fourth-order valence-electron chi connectivity index (χ4n) is 3.86. The summed E-state index contributed by atoms with van der Waals surface area (Å²) in [7, 11) is 0. The van der Waals surface area contributed by atoms with Crippen LogP contribution in [0.4, 0.5) is 5.82 Å². The number of hydrogen-bond donors (Lipinski definition) is 2. The number of hydrogen-bond acceptors (Lipinski definition) is 4. The van der Waals surface area contributed by atoms with Crippen molar-refractivity contribution in [2.75, 3.05) is 5.73 Å². The molecule has 3 aromatic carbocycles. The van der Waals surface area contributed by atoms with Gasteiger partial charge in [-0.05, 0) is 42.8 Å². The standard InChI is InChI=1S/C25H19Cl2N5O/c1-14(15-7-3-2-4-8-15)29-25(33)21-22-24(31-20-10-6-5-9-19(20)30-22)32(23(21)28)16-11-12-17(26)18(27)13-16/h2-14H,28H2,1H3,(H,29,33)/t14-/m1/s1. The van der Waals surface area contributed by atoms with Crippen molar-refractivity contribution >= 4 is 57.1 Å². The smallest absolute Gasteiger partial charge is 0.257 e. The summed E-state index contributed by atoms with van der Waals surface area (Å²) < 4.78 is 1.68. The zero-order valence-electron chi connectivity index (χ0n) is 17.6. The fourth-order valence-corrected chi connectivity index (χ4v) is 4.16. The highest BCUT2D eigenvalue weighted by atomic mass is 35.5. The van der Waals surface area contributed by atoms with Gasteiger partial charge in [-0.2, -0.15) is 0 Å². The number of para-hydroxylation sites is 2. The summed E-state index contributed by atoms with van der Waals surface area (Å²) in [5.41, 5.74) is 10.7. The Kier molecular flexibility index (Phi) is 5.40. The number of halogens is 2. The zero-order valence-corrected chi connectivity index (χ0v) is 19.1. The topological polar surface area (TPSA) is 85.8 Å². The molecule has 33 heavy (non-hydrogen) atoms. The second-order valence-electron chi connectivity index (χ2n) is 7.68. The second-order valence-corrected chi connectivity index (χ2v) is 8.50. The molecule has 6 nitrogen and oxygen atoms in total. The third-order valence-electron chi connectivity index (χ3n) is 5.53. The highest BCUT2D eigenvalue weighted by molar-refractivity contribution is 6.42. The van der Waals surface area contributed by atoms with Gasteiger partial charge in [0, 0.05) is 0 Å². The molecule has 8 heteroatoms. The molecule has 2 aromatic heterocycles. The normalized spacial score (nSPS) is 12.2. The Balaban J connectivity index is 1.70. The first kappa shape index (κ1) is 21.2.